The predicted octanol–water partition coefficient (Wildman–Crippen LogP) is 1.91. The van der Waals surface area contributed by atoms with Crippen molar-refractivity contribution in [1.29, 1.82) is 0 Å². The van der Waals surface area contributed by atoms with E-state index in [1.807, 2.05) is 27.7 Å². The molecule has 0 saturated heterocycles. The summed E-state index contributed by atoms with van der Waals surface area (Å²) in [6.45, 7) is 7.91. The molecule has 0 spiro atoms. The van der Waals surface area contributed by atoms with Crippen LogP contribution in [0.1, 0.15) is 34.1 Å². The van der Waals surface area contributed by atoms with Gasteiger partial charge in [0.15, 0.2) is 0 Å². The highest BCUT2D eigenvalue weighted by Crippen LogP contribution is 2.11. The number of aliphatic carboxylic acids is 1. The Kier molecular flexibility index (Phi) is 4.24. The number of ether oxygens (including phenoxy) is 1. The molecule has 0 amide bonds. The van der Waals surface area contributed by atoms with Crippen LogP contribution in [-0.2, 0) is 9.53 Å². The standard InChI is InChI=1S/C9H18O3/c1-5-7(8(10)11)6-12-9(2,3)4/h7H,5-6H2,1-4H3,(H,10,11). The molecule has 12 heavy (non-hydrogen) atoms. The highest BCUT2D eigenvalue weighted by molar-refractivity contribution is 5.69. The fourth-order valence-corrected chi connectivity index (χ4v) is 0.714. The molecule has 1 N–H and O–H groups in total. The Morgan fingerprint density at radius 3 is 2.25 bits per heavy atom. The highest BCUT2D eigenvalue weighted by atomic mass is 16.5. The second-order valence-corrected chi connectivity index (χ2v) is 3.87. The molecule has 0 aromatic heterocycles. The van der Waals surface area contributed by atoms with Crippen LogP contribution in [0, 0.1) is 5.92 Å². The molecule has 0 fully saturated rings. The Morgan fingerprint density at radius 2 is 2.00 bits per heavy atom. The molecule has 72 valence electrons. The zero-order chi connectivity index (χ0) is 9.78. The summed E-state index contributed by atoms with van der Waals surface area (Å²) in [5.41, 5.74) is -0.247. The molecule has 0 aromatic rings. The molecular weight excluding hydrogens is 156 g/mol. The van der Waals surface area contributed by atoms with Crippen LogP contribution in [-0.4, -0.2) is 23.3 Å². The Hall–Kier alpha value is -0.570. The monoisotopic (exact) mass is 174 g/mol. The van der Waals surface area contributed by atoms with Gasteiger partial charge in [0, 0.05) is 0 Å². The number of carboxylic acids is 1. The minimum absolute atomic E-state index is 0.247. The van der Waals surface area contributed by atoms with Gasteiger partial charge in [0.05, 0.1) is 18.1 Å². The lowest BCUT2D eigenvalue weighted by molar-refractivity contribution is -0.146. The van der Waals surface area contributed by atoms with Crippen molar-refractivity contribution in [2.75, 3.05) is 6.61 Å². The lowest BCUT2D eigenvalue weighted by Crippen LogP contribution is -2.27. The van der Waals surface area contributed by atoms with Crippen LogP contribution in [0.3, 0.4) is 0 Å². The molecule has 0 heterocycles. The summed E-state index contributed by atoms with van der Waals surface area (Å²) in [6.07, 6.45) is 0.616. The Balaban J connectivity index is 3.81. The lowest BCUT2D eigenvalue weighted by Gasteiger charge is -2.21. The lowest BCUT2D eigenvalue weighted by atomic mass is 10.1. The van der Waals surface area contributed by atoms with Crippen LogP contribution in [0.25, 0.3) is 0 Å². The zero-order valence-electron chi connectivity index (χ0n) is 8.26. The first-order chi connectivity index (χ1) is 5.37. The van der Waals surface area contributed by atoms with Crippen LogP contribution >= 0.6 is 0 Å². The first-order valence-corrected chi connectivity index (χ1v) is 4.23. The van der Waals surface area contributed by atoms with Crippen molar-refractivity contribution in [2.24, 2.45) is 5.92 Å². The fraction of sp³-hybridized carbons (Fsp3) is 0.889. The average Bonchev–Trinajstić information content (AvgIpc) is 1.85. The molecule has 0 saturated carbocycles. The van der Waals surface area contributed by atoms with Gasteiger partial charge in [0.2, 0.25) is 0 Å². The molecule has 1 unspecified atom stereocenters. The first-order valence-electron chi connectivity index (χ1n) is 4.23. The number of carbonyl (C=O) groups is 1. The van der Waals surface area contributed by atoms with Crippen molar-refractivity contribution in [2.45, 2.75) is 39.7 Å². The van der Waals surface area contributed by atoms with Gasteiger partial charge in [-0.15, -0.1) is 0 Å². The van der Waals surface area contributed by atoms with Crippen molar-refractivity contribution in [3.63, 3.8) is 0 Å². The second-order valence-electron chi connectivity index (χ2n) is 3.87. The van der Waals surface area contributed by atoms with E-state index in [0.717, 1.165) is 0 Å². The molecule has 0 aliphatic carbocycles. The normalized spacial score (nSPS) is 14.3. The summed E-state index contributed by atoms with van der Waals surface area (Å²) < 4.78 is 5.36. The molecule has 0 bridgehead atoms. The van der Waals surface area contributed by atoms with Gasteiger partial charge in [-0.05, 0) is 27.2 Å². The van der Waals surface area contributed by atoms with Crippen molar-refractivity contribution in [3.05, 3.63) is 0 Å². The summed E-state index contributed by atoms with van der Waals surface area (Å²) in [7, 11) is 0. The van der Waals surface area contributed by atoms with Crippen LogP contribution < -0.4 is 0 Å². The topological polar surface area (TPSA) is 46.5 Å². The summed E-state index contributed by atoms with van der Waals surface area (Å²) in [5.74, 6) is -1.15. The fourth-order valence-electron chi connectivity index (χ4n) is 0.714. The van der Waals surface area contributed by atoms with Crippen molar-refractivity contribution < 1.29 is 14.6 Å². The molecule has 0 rings (SSSR count). The van der Waals surface area contributed by atoms with Gasteiger partial charge in [-0.2, -0.15) is 0 Å². The molecule has 3 heteroatoms. The van der Waals surface area contributed by atoms with E-state index in [4.69, 9.17) is 9.84 Å². The van der Waals surface area contributed by atoms with Crippen molar-refractivity contribution >= 4 is 5.97 Å². The highest BCUT2D eigenvalue weighted by Gasteiger charge is 2.19. The summed E-state index contributed by atoms with van der Waals surface area (Å²) in [5, 5.41) is 8.69. The van der Waals surface area contributed by atoms with Crippen LogP contribution in [0.15, 0.2) is 0 Å². The van der Waals surface area contributed by atoms with E-state index in [1.54, 1.807) is 0 Å². The maximum absolute atomic E-state index is 10.6. The third-order valence-electron chi connectivity index (χ3n) is 1.56. The van der Waals surface area contributed by atoms with E-state index >= 15 is 0 Å². The van der Waals surface area contributed by atoms with Crippen LogP contribution in [0.2, 0.25) is 0 Å². The van der Waals surface area contributed by atoms with Gasteiger partial charge in [0.1, 0.15) is 0 Å². The van der Waals surface area contributed by atoms with Gasteiger partial charge in [-0.25, -0.2) is 0 Å². The smallest absolute Gasteiger partial charge is 0.308 e. The molecule has 0 radical (unpaired) electrons. The number of rotatable bonds is 4. The Morgan fingerprint density at radius 1 is 1.50 bits per heavy atom. The van der Waals surface area contributed by atoms with Crippen LogP contribution in [0.4, 0.5) is 0 Å². The molecule has 0 aromatic carbocycles. The second kappa shape index (κ2) is 4.45. The van der Waals surface area contributed by atoms with Crippen molar-refractivity contribution in [3.8, 4) is 0 Å². The van der Waals surface area contributed by atoms with Crippen LogP contribution in [0.5, 0.6) is 0 Å². The SMILES string of the molecule is CCC(COC(C)(C)C)C(=O)O. The number of carboxylic acid groups (broad SMARTS) is 1. The van der Waals surface area contributed by atoms with Crippen molar-refractivity contribution in [1.82, 2.24) is 0 Å². The number of hydrogen-bond acceptors (Lipinski definition) is 2. The largest absolute Gasteiger partial charge is 0.481 e. The Bertz CT molecular complexity index is 146. The molecule has 1 atom stereocenters. The molecule has 3 nitrogen and oxygen atoms in total. The van der Waals surface area contributed by atoms with Gasteiger partial charge >= 0.3 is 5.97 Å². The maximum Gasteiger partial charge on any atom is 0.308 e. The quantitative estimate of drug-likeness (QED) is 0.708. The summed E-state index contributed by atoms with van der Waals surface area (Å²) in [4.78, 5) is 10.6. The summed E-state index contributed by atoms with van der Waals surface area (Å²) >= 11 is 0. The van der Waals surface area contributed by atoms with E-state index in [0.29, 0.717) is 13.0 Å². The van der Waals surface area contributed by atoms with Gasteiger partial charge in [-0.1, -0.05) is 6.92 Å². The van der Waals surface area contributed by atoms with Gasteiger partial charge < -0.3 is 9.84 Å². The van der Waals surface area contributed by atoms with E-state index in [1.165, 1.54) is 0 Å². The van der Waals surface area contributed by atoms with E-state index in [-0.39, 0.29) is 11.5 Å². The molecular formula is C9H18O3. The Labute approximate surface area is 73.7 Å². The van der Waals surface area contributed by atoms with E-state index < -0.39 is 5.97 Å². The third kappa shape index (κ3) is 5.13. The van der Waals surface area contributed by atoms with Gasteiger partial charge in [-0.3, -0.25) is 4.79 Å². The summed E-state index contributed by atoms with van der Waals surface area (Å²) in [6, 6.07) is 0. The third-order valence-corrected chi connectivity index (χ3v) is 1.56. The zero-order valence-corrected chi connectivity index (χ0v) is 8.26. The van der Waals surface area contributed by atoms with E-state index in [9.17, 15) is 4.79 Å². The number of hydrogen-bond donors (Lipinski definition) is 1. The minimum atomic E-state index is -0.776. The van der Waals surface area contributed by atoms with Gasteiger partial charge in [0.25, 0.3) is 0 Å². The molecule has 0 aliphatic rings. The average molecular weight is 174 g/mol. The minimum Gasteiger partial charge on any atom is -0.481 e. The molecule has 0 aliphatic heterocycles. The maximum atomic E-state index is 10.6. The first kappa shape index (κ1) is 11.4. The predicted molar refractivity (Wildman–Crippen MR) is 47.1 cm³/mol. The van der Waals surface area contributed by atoms with E-state index in [2.05, 4.69) is 0 Å².